The molecular weight excluding hydrogens is 316 g/mol. The Balaban J connectivity index is 2.31. The van der Waals surface area contributed by atoms with Crippen LogP contribution in [0.2, 0.25) is 0 Å². The lowest BCUT2D eigenvalue weighted by Crippen LogP contribution is -2.10. The fourth-order valence-electron chi connectivity index (χ4n) is 1.44. The first kappa shape index (κ1) is 14.9. The first-order valence-electron chi connectivity index (χ1n) is 5.55. The van der Waals surface area contributed by atoms with Crippen LogP contribution in [0.4, 0.5) is 0 Å². The van der Waals surface area contributed by atoms with Crippen molar-refractivity contribution in [1.82, 2.24) is 9.47 Å². The molecule has 0 atom stereocenters. The van der Waals surface area contributed by atoms with Crippen LogP contribution < -0.4 is 0 Å². The van der Waals surface area contributed by atoms with Crippen LogP contribution in [0.1, 0.15) is 4.88 Å². The Hall–Kier alpha value is -1.47. The summed E-state index contributed by atoms with van der Waals surface area (Å²) in [6.45, 7) is -0.0989. The van der Waals surface area contributed by atoms with Gasteiger partial charge in [-0.15, -0.1) is 11.3 Å². The van der Waals surface area contributed by atoms with Gasteiger partial charge in [-0.3, -0.25) is 9.36 Å². The zero-order valence-electron chi connectivity index (χ0n) is 10.8. The Kier molecular flexibility index (Phi) is 4.72. The second kappa shape index (κ2) is 6.32. The normalized spacial score (nSPS) is 13.5. The number of aromatic nitrogens is 1. The molecule has 1 aliphatic heterocycles. The van der Waals surface area contributed by atoms with Crippen molar-refractivity contribution in [2.45, 2.75) is 6.54 Å². The molecule has 2 heterocycles. The van der Waals surface area contributed by atoms with Crippen LogP contribution in [-0.4, -0.2) is 34.7 Å². The predicted octanol–water partition coefficient (Wildman–Crippen LogP) is 2.76. The van der Waals surface area contributed by atoms with Gasteiger partial charge in [-0.05, 0) is 17.6 Å². The predicted molar refractivity (Wildman–Crippen MR) is 82.8 cm³/mol. The van der Waals surface area contributed by atoms with E-state index in [1.165, 1.54) is 34.8 Å². The van der Waals surface area contributed by atoms with E-state index in [1.807, 2.05) is 23.6 Å². The van der Waals surface area contributed by atoms with E-state index in [4.69, 9.17) is 12.2 Å². The number of carbonyl (C=O) groups excluding carboxylic acids is 1. The van der Waals surface area contributed by atoms with E-state index in [-0.39, 0.29) is 12.4 Å². The monoisotopic (exact) mass is 328 g/mol. The van der Waals surface area contributed by atoms with E-state index in [0.717, 1.165) is 5.03 Å². The van der Waals surface area contributed by atoms with Crippen molar-refractivity contribution < 1.29 is 14.6 Å². The van der Waals surface area contributed by atoms with Gasteiger partial charge in [-0.25, -0.2) is 0 Å². The minimum Gasteiger partial charge on any atom is -0.493 e. The second-order valence-electron chi connectivity index (χ2n) is 3.83. The fraction of sp³-hybridized carbons (Fsp3) is 0.250. The molecule has 0 aromatic carbocycles. The highest BCUT2D eigenvalue weighted by Crippen LogP contribution is 2.29. The van der Waals surface area contributed by atoms with Gasteiger partial charge < -0.3 is 14.7 Å². The Morgan fingerprint density at radius 2 is 2.40 bits per heavy atom. The average molecular weight is 328 g/mol. The van der Waals surface area contributed by atoms with Crippen LogP contribution >= 0.6 is 35.3 Å². The van der Waals surface area contributed by atoms with Crippen LogP contribution in [-0.2, 0) is 16.1 Å². The molecule has 0 spiro atoms. The van der Waals surface area contributed by atoms with Crippen LogP contribution in [0.5, 0.6) is 5.88 Å². The number of rotatable bonds is 3. The molecule has 20 heavy (non-hydrogen) atoms. The van der Waals surface area contributed by atoms with Crippen molar-refractivity contribution in [2.75, 3.05) is 14.2 Å². The maximum atomic E-state index is 11.3. The van der Waals surface area contributed by atoms with Gasteiger partial charge in [0.15, 0.2) is 3.95 Å². The third-order valence-corrected chi connectivity index (χ3v) is 4.79. The summed E-state index contributed by atoms with van der Waals surface area (Å²) in [6, 6.07) is 0. The van der Waals surface area contributed by atoms with Gasteiger partial charge in [0.1, 0.15) is 11.6 Å². The molecule has 2 rings (SSSR count). The number of nitrogens with zero attached hydrogens (tertiary/aromatic N) is 2. The molecule has 0 fully saturated rings. The first-order chi connectivity index (χ1) is 9.52. The smallest absolute Gasteiger partial charge is 0.325 e. The molecule has 1 N–H and O–H groups in total. The molecule has 1 aromatic rings. The highest BCUT2D eigenvalue weighted by molar-refractivity contribution is 8.06. The standard InChI is InChI=1S/C12H12N2O3S3/c1-13-5-6-19-9(13)4-3-8-11(16)14(12(18)20-8)7-10(15)17-2/h3,5-6,16H,7H2,1-2H3. The zero-order chi connectivity index (χ0) is 14.7. The molecule has 1 aromatic heterocycles. The summed E-state index contributed by atoms with van der Waals surface area (Å²) >= 11 is 7.89. The van der Waals surface area contributed by atoms with Crippen molar-refractivity contribution in [1.29, 1.82) is 0 Å². The Morgan fingerprint density at radius 3 is 3.00 bits per heavy atom. The molecule has 106 valence electrons. The quantitative estimate of drug-likeness (QED) is 0.523. The number of methoxy groups -OCH3 is 1. The second-order valence-corrected chi connectivity index (χ2v) is 6.40. The molecule has 0 bridgehead atoms. The fourth-order valence-corrected chi connectivity index (χ4v) is 3.36. The van der Waals surface area contributed by atoms with Gasteiger partial charge >= 0.3 is 5.97 Å². The lowest BCUT2D eigenvalue weighted by Gasteiger charge is -2.05. The number of thioether (sulfide) groups is 1. The van der Waals surface area contributed by atoms with E-state index >= 15 is 0 Å². The number of aromatic hydroxyl groups is 1. The summed E-state index contributed by atoms with van der Waals surface area (Å²) in [5.74, 6) is -0.504. The Labute approximate surface area is 129 Å². The Bertz CT molecular complexity index is 681. The molecule has 1 aliphatic rings. The van der Waals surface area contributed by atoms with Gasteiger partial charge in [0.2, 0.25) is 5.88 Å². The van der Waals surface area contributed by atoms with Crippen molar-refractivity contribution in [3.63, 3.8) is 0 Å². The summed E-state index contributed by atoms with van der Waals surface area (Å²) in [5.41, 5.74) is 3.09. The van der Waals surface area contributed by atoms with Crippen LogP contribution in [0, 0.1) is 3.95 Å². The van der Waals surface area contributed by atoms with Gasteiger partial charge in [-0.2, -0.15) is 0 Å². The summed E-state index contributed by atoms with van der Waals surface area (Å²) in [5, 5.41) is 12.9. The highest BCUT2D eigenvalue weighted by atomic mass is 32.2. The van der Waals surface area contributed by atoms with E-state index in [9.17, 15) is 9.90 Å². The molecule has 5 nitrogen and oxygen atoms in total. The van der Waals surface area contributed by atoms with Crippen LogP contribution in [0.15, 0.2) is 22.4 Å². The molecule has 0 saturated carbocycles. The van der Waals surface area contributed by atoms with E-state index in [1.54, 1.807) is 6.08 Å². The molecule has 0 amide bonds. The largest absolute Gasteiger partial charge is 0.493 e. The third-order valence-electron chi connectivity index (χ3n) is 2.52. The zero-order valence-corrected chi connectivity index (χ0v) is 13.3. The summed E-state index contributed by atoms with van der Waals surface area (Å²) < 4.78 is 6.32. The van der Waals surface area contributed by atoms with Crippen molar-refractivity contribution in [3.8, 4) is 5.88 Å². The van der Waals surface area contributed by atoms with Crippen LogP contribution in [0.3, 0.4) is 0 Å². The average Bonchev–Trinajstić information content (AvgIpc) is 2.94. The number of thiazole rings is 1. The van der Waals surface area contributed by atoms with E-state index < -0.39 is 5.97 Å². The molecule has 0 saturated heterocycles. The van der Waals surface area contributed by atoms with Crippen molar-refractivity contribution >= 4 is 47.4 Å². The lowest BCUT2D eigenvalue weighted by molar-refractivity contribution is -0.141. The van der Waals surface area contributed by atoms with Crippen molar-refractivity contribution in [2.24, 2.45) is 0 Å². The minimum absolute atomic E-state index is 0.0443. The number of hydrogen-bond donors (Lipinski definition) is 1. The molecule has 8 heteroatoms. The third kappa shape index (κ3) is 3.16. The van der Waals surface area contributed by atoms with Gasteiger partial charge in [-0.1, -0.05) is 17.5 Å². The molecule has 0 unspecified atom stereocenters. The van der Waals surface area contributed by atoms with Gasteiger partial charge in [0, 0.05) is 19.3 Å². The van der Waals surface area contributed by atoms with Gasteiger partial charge in [0.05, 0.1) is 12.0 Å². The lowest BCUT2D eigenvalue weighted by atomic mass is 10.4. The van der Waals surface area contributed by atoms with Crippen LogP contribution in [0.25, 0.3) is 6.08 Å². The van der Waals surface area contributed by atoms with E-state index in [0.29, 0.717) is 8.83 Å². The van der Waals surface area contributed by atoms with Crippen molar-refractivity contribution in [3.05, 3.63) is 31.2 Å². The molecular formula is C12H12N2O3S3. The molecule has 0 aliphatic carbocycles. The summed E-state index contributed by atoms with van der Waals surface area (Å²) in [7, 11) is 3.21. The highest BCUT2D eigenvalue weighted by Gasteiger charge is 2.13. The molecule has 0 radical (unpaired) electrons. The maximum absolute atomic E-state index is 11.3. The number of esters is 1. The Morgan fingerprint density at radius 1 is 1.65 bits per heavy atom. The number of ether oxygens (including phenoxy) is 1. The minimum atomic E-state index is -0.460. The number of hydrogen-bond acceptors (Lipinski definition) is 7. The number of carbonyl (C=O) groups is 1. The summed E-state index contributed by atoms with van der Waals surface area (Å²) in [6.07, 6.45) is 3.58. The van der Waals surface area contributed by atoms with E-state index in [2.05, 4.69) is 10.5 Å². The van der Waals surface area contributed by atoms with Gasteiger partial charge in [0.25, 0.3) is 0 Å². The topological polar surface area (TPSA) is 54.7 Å². The SMILES string of the molecule is COC(=O)Cn1c(O)c(C=C=C2SC=CN2C)sc1=S. The summed E-state index contributed by atoms with van der Waals surface area (Å²) in [4.78, 5) is 13.7. The maximum Gasteiger partial charge on any atom is 0.325 e. The first-order valence-corrected chi connectivity index (χ1v) is 7.65.